The minimum Gasteiger partial charge on any atom is -0.384 e. The van der Waals surface area contributed by atoms with Crippen molar-refractivity contribution >= 4 is 28.9 Å². The summed E-state index contributed by atoms with van der Waals surface area (Å²) in [7, 11) is 0. The molecule has 0 radical (unpaired) electrons. The smallest absolute Gasteiger partial charge is 0.295 e. The Balaban J connectivity index is 1.98. The van der Waals surface area contributed by atoms with Gasteiger partial charge in [0.2, 0.25) is 0 Å². The van der Waals surface area contributed by atoms with Crippen LogP contribution in [0.2, 0.25) is 0 Å². The maximum atomic E-state index is 11.7. The van der Waals surface area contributed by atoms with E-state index in [0.29, 0.717) is 5.56 Å². The second-order valence-corrected chi connectivity index (χ2v) is 4.86. The van der Waals surface area contributed by atoms with Crippen molar-refractivity contribution in [3.05, 3.63) is 52.0 Å². The number of Topliss-reactive ketones (excluding diaryl/α,β-unsaturated/α-hetero) is 1. The lowest BCUT2D eigenvalue weighted by Gasteiger charge is -2.05. The molecule has 0 aliphatic heterocycles. The van der Waals surface area contributed by atoms with E-state index >= 15 is 0 Å². The van der Waals surface area contributed by atoms with Crippen LogP contribution in [-0.4, -0.2) is 22.5 Å². The SMILES string of the molecule is N=C(N)c1cccc(CNC(=O)C(=O)c2nccs2)c1. The summed E-state index contributed by atoms with van der Waals surface area (Å²) in [5.74, 6) is -1.40. The van der Waals surface area contributed by atoms with E-state index in [1.165, 1.54) is 6.20 Å². The predicted molar refractivity (Wildman–Crippen MR) is 75.7 cm³/mol. The van der Waals surface area contributed by atoms with E-state index < -0.39 is 11.7 Å². The topological polar surface area (TPSA) is 109 Å². The molecule has 6 nitrogen and oxygen atoms in total. The van der Waals surface area contributed by atoms with Gasteiger partial charge in [-0.15, -0.1) is 11.3 Å². The van der Waals surface area contributed by atoms with Crippen molar-refractivity contribution < 1.29 is 9.59 Å². The highest BCUT2D eigenvalue weighted by Crippen LogP contribution is 2.06. The molecular weight excluding hydrogens is 276 g/mol. The van der Waals surface area contributed by atoms with Crippen molar-refractivity contribution in [3.63, 3.8) is 0 Å². The number of rotatable bonds is 5. The van der Waals surface area contributed by atoms with Gasteiger partial charge in [0.05, 0.1) is 0 Å². The van der Waals surface area contributed by atoms with Gasteiger partial charge in [0.1, 0.15) is 5.84 Å². The maximum absolute atomic E-state index is 11.7. The monoisotopic (exact) mass is 288 g/mol. The van der Waals surface area contributed by atoms with Crippen molar-refractivity contribution in [3.8, 4) is 0 Å². The molecule has 2 aromatic rings. The Morgan fingerprint density at radius 2 is 2.20 bits per heavy atom. The first-order valence-electron chi connectivity index (χ1n) is 5.73. The fourth-order valence-corrected chi connectivity index (χ4v) is 2.12. The third-order valence-corrected chi connectivity index (χ3v) is 3.30. The summed E-state index contributed by atoms with van der Waals surface area (Å²) in [6, 6.07) is 6.91. The zero-order chi connectivity index (χ0) is 14.5. The van der Waals surface area contributed by atoms with Gasteiger partial charge in [0.15, 0.2) is 5.01 Å². The first-order valence-corrected chi connectivity index (χ1v) is 6.61. The van der Waals surface area contributed by atoms with Gasteiger partial charge in [-0.1, -0.05) is 18.2 Å². The summed E-state index contributed by atoms with van der Waals surface area (Å²) >= 11 is 1.12. The minimum atomic E-state index is -0.701. The van der Waals surface area contributed by atoms with Crippen LogP contribution in [0.3, 0.4) is 0 Å². The number of amides is 1. The number of amidine groups is 1. The number of nitrogens with zero attached hydrogens (tertiary/aromatic N) is 1. The van der Waals surface area contributed by atoms with Crippen LogP contribution < -0.4 is 11.1 Å². The predicted octanol–water partition coefficient (Wildman–Crippen LogP) is 0.926. The van der Waals surface area contributed by atoms with Crippen LogP contribution in [0.4, 0.5) is 0 Å². The van der Waals surface area contributed by atoms with Crippen molar-refractivity contribution in [1.29, 1.82) is 5.41 Å². The van der Waals surface area contributed by atoms with Gasteiger partial charge >= 0.3 is 0 Å². The summed E-state index contributed by atoms with van der Waals surface area (Å²) in [6.45, 7) is 0.192. The number of hydrogen-bond donors (Lipinski definition) is 3. The molecule has 1 aromatic carbocycles. The molecule has 0 saturated carbocycles. The second-order valence-electron chi connectivity index (χ2n) is 3.96. The number of hydrogen-bond acceptors (Lipinski definition) is 5. The van der Waals surface area contributed by atoms with Gasteiger partial charge in [-0.25, -0.2) is 4.98 Å². The van der Waals surface area contributed by atoms with E-state index in [1.54, 1.807) is 29.6 Å². The molecule has 0 spiro atoms. The third kappa shape index (κ3) is 3.27. The maximum Gasteiger partial charge on any atom is 0.295 e. The van der Waals surface area contributed by atoms with Gasteiger partial charge in [0, 0.05) is 23.7 Å². The molecule has 0 saturated heterocycles. The Hall–Kier alpha value is -2.54. The van der Waals surface area contributed by atoms with E-state index in [1.807, 2.05) is 0 Å². The lowest BCUT2D eigenvalue weighted by Crippen LogP contribution is -2.30. The highest BCUT2D eigenvalue weighted by atomic mass is 32.1. The van der Waals surface area contributed by atoms with Gasteiger partial charge in [-0.3, -0.25) is 15.0 Å². The Morgan fingerprint density at radius 3 is 2.85 bits per heavy atom. The zero-order valence-corrected chi connectivity index (χ0v) is 11.2. The molecule has 0 aliphatic carbocycles. The molecule has 102 valence electrons. The minimum absolute atomic E-state index is 0.0444. The number of nitrogens with two attached hydrogens (primary N) is 1. The lowest BCUT2D eigenvalue weighted by atomic mass is 10.1. The highest BCUT2D eigenvalue weighted by Gasteiger charge is 2.18. The molecule has 0 atom stereocenters. The van der Waals surface area contributed by atoms with Crippen LogP contribution in [-0.2, 0) is 11.3 Å². The largest absolute Gasteiger partial charge is 0.384 e. The van der Waals surface area contributed by atoms with E-state index in [-0.39, 0.29) is 17.4 Å². The normalized spacial score (nSPS) is 10.0. The van der Waals surface area contributed by atoms with Crippen molar-refractivity contribution in [2.75, 3.05) is 0 Å². The van der Waals surface area contributed by atoms with Crippen LogP contribution >= 0.6 is 11.3 Å². The molecule has 1 aromatic heterocycles. The zero-order valence-electron chi connectivity index (χ0n) is 10.4. The van der Waals surface area contributed by atoms with Crippen LogP contribution in [0, 0.1) is 5.41 Å². The molecule has 4 N–H and O–H groups in total. The number of nitrogens with one attached hydrogen (secondary N) is 2. The quantitative estimate of drug-likeness (QED) is 0.329. The Kier molecular flexibility index (Phi) is 4.21. The van der Waals surface area contributed by atoms with Gasteiger partial charge < -0.3 is 11.1 Å². The molecule has 1 heterocycles. The first-order chi connectivity index (χ1) is 9.58. The molecule has 2 rings (SSSR count). The standard InChI is InChI=1S/C13H12N4O2S/c14-11(15)9-3-1-2-8(6-9)7-17-12(19)10(18)13-16-4-5-20-13/h1-6H,7H2,(H3,14,15)(H,17,19). The fraction of sp³-hybridized carbons (Fsp3) is 0.0769. The average molecular weight is 288 g/mol. The molecule has 20 heavy (non-hydrogen) atoms. The third-order valence-electron chi connectivity index (χ3n) is 2.52. The molecule has 0 bridgehead atoms. The first kappa shape index (κ1) is 13.9. The number of carbonyl (C=O) groups excluding carboxylic acids is 2. The van der Waals surface area contributed by atoms with Crippen molar-refractivity contribution in [2.24, 2.45) is 5.73 Å². The molecule has 1 amide bonds. The summed E-state index contributed by atoms with van der Waals surface area (Å²) in [6.07, 6.45) is 1.47. The van der Waals surface area contributed by atoms with E-state index in [4.69, 9.17) is 11.1 Å². The Labute approximate surface area is 119 Å². The number of nitrogen functional groups attached to an aromatic ring is 1. The summed E-state index contributed by atoms with van der Waals surface area (Å²) in [5.41, 5.74) is 6.72. The Bertz CT molecular complexity index is 652. The summed E-state index contributed by atoms with van der Waals surface area (Å²) in [4.78, 5) is 27.1. The van der Waals surface area contributed by atoms with Gasteiger partial charge in [-0.05, 0) is 11.6 Å². The number of aromatic nitrogens is 1. The van der Waals surface area contributed by atoms with Gasteiger partial charge in [-0.2, -0.15) is 0 Å². The van der Waals surface area contributed by atoms with Crippen LogP contribution in [0.25, 0.3) is 0 Å². The molecule has 7 heteroatoms. The number of thiazole rings is 1. The molecule has 0 fully saturated rings. The Morgan fingerprint density at radius 1 is 1.40 bits per heavy atom. The second kappa shape index (κ2) is 6.07. The van der Waals surface area contributed by atoms with Crippen molar-refractivity contribution in [1.82, 2.24) is 10.3 Å². The summed E-state index contributed by atoms with van der Waals surface area (Å²) < 4.78 is 0. The molecule has 0 aliphatic rings. The number of ketones is 1. The van der Waals surface area contributed by atoms with E-state index in [2.05, 4.69) is 10.3 Å². The van der Waals surface area contributed by atoms with Crippen LogP contribution in [0.1, 0.15) is 20.9 Å². The van der Waals surface area contributed by atoms with Crippen LogP contribution in [0.15, 0.2) is 35.8 Å². The molecular formula is C13H12N4O2S. The highest BCUT2D eigenvalue weighted by molar-refractivity contribution is 7.12. The molecule has 0 unspecified atom stereocenters. The fourth-order valence-electron chi connectivity index (χ4n) is 1.54. The van der Waals surface area contributed by atoms with Gasteiger partial charge in [0.25, 0.3) is 11.7 Å². The van der Waals surface area contributed by atoms with E-state index in [0.717, 1.165) is 16.9 Å². The summed E-state index contributed by atoms with van der Waals surface area (Å²) in [5, 5.41) is 11.7. The van der Waals surface area contributed by atoms with Crippen LogP contribution in [0.5, 0.6) is 0 Å². The number of benzene rings is 1. The van der Waals surface area contributed by atoms with E-state index in [9.17, 15) is 9.59 Å². The average Bonchev–Trinajstić information content (AvgIpc) is 2.98. The number of carbonyl (C=O) groups is 2. The van der Waals surface area contributed by atoms with Crippen molar-refractivity contribution in [2.45, 2.75) is 6.54 Å². The lowest BCUT2D eigenvalue weighted by molar-refractivity contribution is -0.117.